The van der Waals surface area contributed by atoms with E-state index in [9.17, 15) is 0 Å². The van der Waals surface area contributed by atoms with E-state index in [-0.39, 0.29) is 2.85 Å². The summed E-state index contributed by atoms with van der Waals surface area (Å²) in [6.07, 6.45) is 0. The summed E-state index contributed by atoms with van der Waals surface area (Å²) >= 11 is 5.10. The van der Waals surface area contributed by atoms with E-state index in [2.05, 4.69) is 4.43 Å². The van der Waals surface area contributed by atoms with Crippen LogP contribution in [0.5, 0.6) is 0 Å². The van der Waals surface area contributed by atoms with Crippen molar-refractivity contribution in [2.24, 2.45) is 0 Å². The van der Waals surface area contributed by atoms with Gasteiger partial charge in [-0.1, -0.05) is 0 Å². The first-order valence-electron chi connectivity index (χ1n) is 0.964. The molecule has 0 aliphatic carbocycles. The lowest BCUT2D eigenvalue weighted by atomic mass is 11.8. The topological polar surface area (TPSA) is 9.23 Å². The van der Waals surface area contributed by atoms with Gasteiger partial charge in [-0.05, 0) is 0 Å². The number of hydrogen-bond donors (Lipinski definition) is 0. The zero-order valence-electron chi connectivity index (χ0n) is 4.49. The Morgan fingerprint density at radius 3 is 2.50 bits per heavy atom. The molecule has 0 unspecified atom stereocenters. The van der Waals surface area contributed by atoms with Gasteiger partial charge in [-0.2, -0.15) is 0 Å². The molecule has 0 aromatic rings. The summed E-state index contributed by atoms with van der Waals surface area (Å²) in [7, 11) is 1.01. The largest absolute Gasteiger partial charge is 1.00 e. The second-order valence-corrected chi connectivity index (χ2v) is 1.85. The molecule has 3 heteroatoms. The van der Waals surface area contributed by atoms with Crippen molar-refractivity contribution in [1.82, 2.24) is 0 Å². The van der Waals surface area contributed by atoms with Crippen molar-refractivity contribution in [2.75, 3.05) is 7.11 Å². The highest BCUT2D eigenvalue weighted by Crippen LogP contribution is 1.61. The van der Waals surface area contributed by atoms with Crippen LogP contribution in [0.1, 0.15) is 2.85 Å². The Morgan fingerprint density at radius 1 is 2.25 bits per heavy atom. The van der Waals surface area contributed by atoms with Crippen LogP contribution in [0.4, 0.5) is 0 Å². The summed E-state index contributed by atoms with van der Waals surface area (Å²) < 4.78 is 4.45. The van der Waals surface area contributed by atoms with Gasteiger partial charge in [0.15, 0.2) is 0 Å². The third kappa shape index (κ3) is 2.47. The Bertz CT molecular complexity index is 15.5. The molecular formula is CH7ClOSi+2. The van der Waals surface area contributed by atoms with Crippen molar-refractivity contribution < 1.29 is 7.28 Å². The van der Waals surface area contributed by atoms with E-state index < -0.39 is 9.07 Å². The molecule has 26 valence electrons. The molecule has 0 rings (SSSR count). The minimum absolute atomic E-state index is 0. The summed E-state index contributed by atoms with van der Waals surface area (Å²) in [4.78, 5) is 0. The maximum Gasteiger partial charge on any atom is 1.00 e. The molecule has 4 heavy (non-hydrogen) atoms. The number of hydrogen-bond acceptors (Lipinski definition) is 1. The third-order valence-electron chi connectivity index (χ3n) is 0.109. The standard InChI is InChI=1S/CH5ClOSi/c1-3-4-2/h4H2,1H3/p+2. The van der Waals surface area contributed by atoms with Gasteiger partial charge >= 0.3 is 2.85 Å². The van der Waals surface area contributed by atoms with Gasteiger partial charge < -0.3 is 4.43 Å². The SMILES string of the molecule is CO[SiH2]Cl.[H+].[H+]. The smallest absolute Gasteiger partial charge is 0.411 e. The minimum atomic E-state index is -0.603. The van der Waals surface area contributed by atoms with Gasteiger partial charge in [-0.15, -0.1) is 11.1 Å². The maximum absolute atomic E-state index is 5.10. The summed E-state index contributed by atoms with van der Waals surface area (Å²) in [5.74, 6) is 0. The van der Waals surface area contributed by atoms with Gasteiger partial charge in [0.1, 0.15) is 0 Å². The van der Waals surface area contributed by atoms with Gasteiger partial charge in [0.05, 0.1) is 0 Å². The van der Waals surface area contributed by atoms with Crippen LogP contribution >= 0.6 is 11.1 Å². The molecule has 0 spiro atoms. The quantitative estimate of drug-likeness (QED) is 0.334. The summed E-state index contributed by atoms with van der Waals surface area (Å²) in [6, 6.07) is 0. The molecular weight excluding hydrogens is 91.5 g/mol. The highest BCUT2D eigenvalue weighted by molar-refractivity contribution is 6.89. The van der Waals surface area contributed by atoms with E-state index in [1.54, 1.807) is 7.11 Å². The van der Waals surface area contributed by atoms with Crippen molar-refractivity contribution >= 4 is 20.2 Å². The monoisotopic (exact) mass is 98.0 g/mol. The van der Waals surface area contributed by atoms with Gasteiger partial charge in [0, 0.05) is 7.11 Å². The highest BCUT2D eigenvalue weighted by Gasteiger charge is 1.58. The predicted octanol–water partition coefficient (Wildman–Crippen LogP) is 0.0954. The fourth-order valence-corrected chi connectivity index (χ4v) is 0. The van der Waals surface area contributed by atoms with Crippen LogP contribution in [0.25, 0.3) is 0 Å². The molecule has 0 saturated carbocycles. The molecule has 0 fully saturated rings. The van der Waals surface area contributed by atoms with Crippen LogP contribution in [-0.4, -0.2) is 16.2 Å². The Morgan fingerprint density at radius 2 is 2.50 bits per heavy atom. The van der Waals surface area contributed by atoms with E-state index in [0.717, 1.165) is 0 Å². The lowest BCUT2D eigenvalue weighted by Gasteiger charge is -1.72. The van der Waals surface area contributed by atoms with Crippen molar-refractivity contribution in [1.29, 1.82) is 0 Å². The van der Waals surface area contributed by atoms with E-state index in [1.165, 1.54) is 0 Å². The Labute approximate surface area is 35.5 Å². The van der Waals surface area contributed by atoms with E-state index in [1.807, 2.05) is 0 Å². The molecule has 0 aliphatic heterocycles. The van der Waals surface area contributed by atoms with Crippen LogP contribution in [-0.2, 0) is 4.43 Å². The predicted molar refractivity (Wildman–Crippen MR) is 23.6 cm³/mol. The molecule has 0 atom stereocenters. The molecule has 0 aromatic carbocycles. The lowest BCUT2D eigenvalue weighted by molar-refractivity contribution is 0.455. The Balaban J connectivity index is -0.0000000450. The average Bonchev–Trinajstić information content (AvgIpc) is 1.37. The van der Waals surface area contributed by atoms with E-state index >= 15 is 0 Å². The van der Waals surface area contributed by atoms with Crippen molar-refractivity contribution in [2.45, 2.75) is 0 Å². The van der Waals surface area contributed by atoms with Crippen LogP contribution in [0.15, 0.2) is 0 Å². The zero-order valence-corrected chi connectivity index (χ0v) is 4.66. The van der Waals surface area contributed by atoms with Gasteiger partial charge in [0.25, 0.3) is 9.07 Å². The van der Waals surface area contributed by atoms with Crippen molar-refractivity contribution in [3.63, 3.8) is 0 Å². The molecule has 0 aliphatic rings. The molecule has 0 saturated heterocycles. The second-order valence-electron chi connectivity index (χ2n) is 0.398. The van der Waals surface area contributed by atoms with Gasteiger partial charge in [0.2, 0.25) is 0 Å². The molecule has 0 N–H and O–H groups in total. The van der Waals surface area contributed by atoms with Crippen LogP contribution < -0.4 is 0 Å². The van der Waals surface area contributed by atoms with Crippen LogP contribution in [0.2, 0.25) is 0 Å². The summed E-state index contributed by atoms with van der Waals surface area (Å²) in [5.41, 5.74) is 0. The van der Waals surface area contributed by atoms with Crippen molar-refractivity contribution in [3.8, 4) is 0 Å². The molecule has 0 radical (unpaired) electrons. The summed E-state index contributed by atoms with van der Waals surface area (Å²) in [5, 5.41) is 0. The van der Waals surface area contributed by atoms with Crippen LogP contribution in [0, 0.1) is 0 Å². The highest BCUT2D eigenvalue weighted by atomic mass is 35.6. The number of halogens is 1. The normalized spacial score (nSPS) is 10.5. The minimum Gasteiger partial charge on any atom is -0.411 e. The fraction of sp³-hybridized carbons (Fsp3) is 1.00. The first-order valence-corrected chi connectivity index (χ1v) is 3.68. The molecule has 0 heterocycles. The van der Waals surface area contributed by atoms with E-state index in [4.69, 9.17) is 11.1 Å². The van der Waals surface area contributed by atoms with Crippen LogP contribution in [0.3, 0.4) is 0 Å². The summed E-state index contributed by atoms with van der Waals surface area (Å²) in [6.45, 7) is 0. The van der Waals surface area contributed by atoms with Gasteiger partial charge in [-0.25, -0.2) is 0 Å². The molecule has 0 bridgehead atoms. The third-order valence-corrected chi connectivity index (χ3v) is 0.982. The van der Waals surface area contributed by atoms with Crippen molar-refractivity contribution in [3.05, 3.63) is 0 Å². The first kappa shape index (κ1) is 4.47. The maximum atomic E-state index is 5.10. The second kappa shape index (κ2) is 3.47. The average molecular weight is 98.6 g/mol. The van der Waals surface area contributed by atoms with E-state index in [0.29, 0.717) is 0 Å². The number of rotatable bonds is 1. The molecule has 0 aromatic heterocycles. The first-order chi connectivity index (χ1) is 1.91. The Kier molecular flexibility index (Phi) is 3.87. The van der Waals surface area contributed by atoms with Gasteiger partial charge in [-0.3, -0.25) is 0 Å². The Hall–Kier alpha value is 0.467. The fourth-order valence-electron chi connectivity index (χ4n) is 0. The molecule has 1 nitrogen and oxygen atoms in total. The lowest BCUT2D eigenvalue weighted by Crippen LogP contribution is -1.75. The molecule has 0 amide bonds. The zero-order chi connectivity index (χ0) is 3.41.